The zero-order chi connectivity index (χ0) is 21.6. The van der Waals surface area contributed by atoms with Crippen LogP contribution >= 0.6 is 11.3 Å². The third-order valence-corrected chi connectivity index (χ3v) is 5.14. The first-order valence-electron chi connectivity index (χ1n) is 9.41. The number of primary amides is 1. The van der Waals surface area contributed by atoms with Crippen molar-refractivity contribution in [3.05, 3.63) is 83.3 Å². The Morgan fingerprint density at radius 3 is 2.81 bits per heavy atom. The molecule has 0 aliphatic carbocycles. The molecular weight excluding hydrogens is 414 g/mol. The van der Waals surface area contributed by atoms with Gasteiger partial charge in [-0.3, -0.25) is 14.6 Å². The Bertz CT molecular complexity index is 1200. The number of anilines is 1. The van der Waals surface area contributed by atoms with E-state index in [0.29, 0.717) is 28.9 Å². The van der Waals surface area contributed by atoms with Crippen molar-refractivity contribution in [2.75, 3.05) is 5.32 Å². The maximum atomic E-state index is 12.5. The van der Waals surface area contributed by atoms with Crippen molar-refractivity contribution in [3.63, 3.8) is 0 Å². The average molecular weight is 433 g/mol. The summed E-state index contributed by atoms with van der Waals surface area (Å²) in [6, 6.07) is 12.8. The van der Waals surface area contributed by atoms with Gasteiger partial charge in [-0.05, 0) is 29.8 Å². The van der Waals surface area contributed by atoms with E-state index in [1.54, 1.807) is 30.0 Å². The van der Waals surface area contributed by atoms with Crippen molar-refractivity contribution in [1.29, 1.82) is 0 Å². The summed E-state index contributed by atoms with van der Waals surface area (Å²) in [4.78, 5) is 34.9. The van der Waals surface area contributed by atoms with E-state index >= 15 is 0 Å². The number of carbonyl (C=O) groups is 2. The van der Waals surface area contributed by atoms with E-state index in [1.807, 2.05) is 36.4 Å². The third-order valence-electron chi connectivity index (χ3n) is 4.39. The summed E-state index contributed by atoms with van der Waals surface area (Å²) < 4.78 is 5.79. The predicted octanol–water partition coefficient (Wildman–Crippen LogP) is 3.39. The Kier molecular flexibility index (Phi) is 6.04. The van der Waals surface area contributed by atoms with Gasteiger partial charge in [0.2, 0.25) is 5.91 Å². The number of hydrogen-bond acceptors (Lipinski definition) is 6. The van der Waals surface area contributed by atoms with E-state index in [0.717, 1.165) is 16.7 Å². The van der Waals surface area contributed by atoms with Crippen molar-refractivity contribution in [1.82, 2.24) is 15.0 Å². The smallest absolute Gasteiger partial charge is 0.265 e. The molecule has 1 aromatic carbocycles. The first-order valence-corrected chi connectivity index (χ1v) is 10.3. The number of H-pyrrole nitrogens is 1. The van der Waals surface area contributed by atoms with Gasteiger partial charge < -0.3 is 20.8 Å². The molecule has 4 N–H and O–H groups in total. The van der Waals surface area contributed by atoms with Crippen LogP contribution in [0.4, 0.5) is 5.13 Å². The predicted molar refractivity (Wildman–Crippen MR) is 118 cm³/mol. The lowest BCUT2D eigenvalue weighted by Crippen LogP contribution is -2.14. The largest absolute Gasteiger partial charge is 0.489 e. The molecule has 0 fully saturated rings. The molecule has 9 heteroatoms. The maximum Gasteiger partial charge on any atom is 0.265 e. The number of nitrogens with one attached hydrogen (secondary N) is 2. The highest BCUT2D eigenvalue weighted by molar-refractivity contribution is 7.14. The number of carbonyl (C=O) groups excluding carboxylic acids is 2. The van der Waals surface area contributed by atoms with Gasteiger partial charge >= 0.3 is 0 Å². The van der Waals surface area contributed by atoms with Gasteiger partial charge in [0, 0.05) is 35.1 Å². The lowest BCUT2D eigenvalue weighted by Gasteiger charge is -2.08. The molecule has 0 radical (unpaired) electrons. The topological polar surface area (TPSA) is 123 Å². The number of hydrogen-bond donors (Lipinski definition) is 3. The van der Waals surface area contributed by atoms with Crippen LogP contribution in [-0.4, -0.2) is 26.8 Å². The molecule has 31 heavy (non-hydrogen) atoms. The summed E-state index contributed by atoms with van der Waals surface area (Å²) >= 11 is 1.31. The molecule has 0 saturated carbocycles. The van der Waals surface area contributed by atoms with Gasteiger partial charge in [0.25, 0.3) is 5.91 Å². The number of aromatic nitrogens is 3. The molecule has 0 atom stereocenters. The number of ether oxygens (including phenoxy) is 1. The Morgan fingerprint density at radius 2 is 2.03 bits per heavy atom. The van der Waals surface area contributed by atoms with Gasteiger partial charge in [-0.15, -0.1) is 11.3 Å². The van der Waals surface area contributed by atoms with E-state index in [9.17, 15) is 9.59 Å². The zero-order valence-corrected chi connectivity index (χ0v) is 17.2. The Labute approximate surface area is 182 Å². The Morgan fingerprint density at radius 1 is 1.16 bits per heavy atom. The minimum Gasteiger partial charge on any atom is -0.489 e. The molecule has 0 aliphatic rings. The van der Waals surface area contributed by atoms with Gasteiger partial charge in [0.05, 0.1) is 12.1 Å². The normalized spacial score (nSPS) is 10.6. The molecule has 4 rings (SSSR count). The van der Waals surface area contributed by atoms with Crippen molar-refractivity contribution >= 4 is 28.3 Å². The molecule has 3 heterocycles. The second kappa shape index (κ2) is 9.23. The van der Waals surface area contributed by atoms with Gasteiger partial charge in [0.15, 0.2) is 5.13 Å². The molecule has 0 bridgehead atoms. The van der Waals surface area contributed by atoms with Gasteiger partial charge in [-0.1, -0.05) is 18.2 Å². The van der Waals surface area contributed by atoms with Crippen LogP contribution in [-0.2, 0) is 17.8 Å². The van der Waals surface area contributed by atoms with Crippen LogP contribution in [0.25, 0.3) is 11.3 Å². The van der Waals surface area contributed by atoms with E-state index in [-0.39, 0.29) is 12.3 Å². The number of thiazole rings is 1. The van der Waals surface area contributed by atoms with E-state index in [4.69, 9.17) is 10.5 Å². The molecule has 8 nitrogen and oxygen atoms in total. The average Bonchev–Trinajstić information content (AvgIpc) is 3.43. The van der Waals surface area contributed by atoms with Gasteiger partial charge in [0.1, 0.15) is 18.1 Å². The Hall–Kier alpha value is -3.98. The lowest BCUT2D eigenvalue weighted by molar-refractivity contribution is -0.115. The number of amides is 2. The van der Waals surface area contributed by atoms with Gasteiger partial charge in [-0.25, -0.2) is 4.98 Å². The summed E-state index contributed by atoms with van der Waals surface area (Å²) in [5.74, 6) is -0.0396. The monoisotopic (exact) mass is 433 g/mol. The molecule has 4 aromatic rings. The van der Waals surface area contributed by atoms with Crippen LogP contribution in [0.15, 0.2) is 66.4 Å². The van der Waals surface area contributed by atoms with Crippen LogP contribution in [0, 0.1) is 0 Å². The van der Waals surface area contributed by atoms with Crippen molar-refractivity contribution in [3.8, 4) is 17.0 Å². The first-order chi connectivity index (χ1) is 15.1. The molecule has 0 saturated heterocycles. The summed E-state index contributed by atoms with van der Waals surface area (Å²) in [6.07, 6.45) is 5.30. The number of aromatic amines is 1. The number of rotatable bonds is 8. The zero-order valence-electron chi connectivity index (χ0n) is 16.4. The summed E-state index contributed by atoms with van der Waals surface area (Å²) in [5.41, 5.74) is 8.73. The van der Waals surface area contributed by atoms with Crippen molar-refractivity contribution < 1.29 is 14.3 Å². The number of nitrogens with two attached hydrogens (primary N) is 1. The van der Waals surface area contributed by atoms with E-state index in [2.05, 4.69) is 20.3 Å². The van der Waals surface area contributed by atoms with Crippen molar-refractivity contribution in [2.24, 2.45) is 5.73 Å². The second-order valence-electron chi connectivity index (χ2n) is 6.73. The fourth-order valence-corrected chi connectivity index (χ4v) is 3.63. The Balaban J connectivity index is 1.34. The molecule has 3 aromatic heterocycles. The van der Waals surface area contributed by atoms with E-state index < -0.39 is 5.91 Å². The van der Waals surface area contributed by atoms with Crippen LogP contribution in [0.2, 0.25) is 0 Å². The summed E-state index contributed by atoms with van der Waals surface area (Å²) in [5, 5.41) is 5.08. The fourth-order valence-electron chi connectivity index (χ4n) is 2.89. The number of pyridine rings is 1. The van der Waals surface area contributed by atoms with Crippen LogP contribution < -0.4 is 15.8 Å². The second-order valence-corrected chi connectivity index (χ2v) is 7.58. The standard InChI is InChI=1S/C22H19N5O3S/c23-21(29)18-9-16(11-25-18)19-13-31-22(26-19)27-20(28)8-14-3-1-5-17(7-14)30-12-15-4-2-6-24-10-15/h1-7,9-11,13,25H,8,12H2,(H2,23,29)(H,26,27,28). The van der Waals surface area contributed by atoms with Crippen molar-refractivity contribution in [2.45, 2.75) is 13.0 Å². The maximum absolute atomic E-state index is 12.5. The highest BCUT2D eigenvalue weighted by Gasteiger charge is 2.12. The van der Waals surface area contributed by atoms with E-state index in [1.165, 1.54) is 11.3 Å². The van der Waals surface area contributed by atoms with Crippen LogP contribution in [0.3, 0.4) is 0 Å². The third kappa shape index (κ3) is 5.34. The van der Waals surface area contributed by atoms with Crippen LogP contribution in [0.1, 0.15) is 21.6 Å². The molecule has 156 valence electrons. The molecular formula is C22H19N5O3S. The molecule has 0 spiro atoms. The fraction of sp³-hybridized carbons (Fsp3) is 0.0909. The molecule has 0 aliphatic heterocycles. The quantitative estimate of drug-likeness (QED) is 0.393. The minimum atomic E-state index is -0.540. The molecule has 0 unspecified atom stereocenters. The van der Waals surface area contributed by atoms with Crippen LogP contribution in [0.5, 0.6) is 5.75 Å². The highest BCUT2D eigenvalue weighted by Crippen LogP contribution is 2.25. The minimum absolute atomic E-state index is 0.183. The molecule has 2 amide bonds. The van der Waals surface area contributed by atoms with Gasteiger partial charge in [-0.2, -0.15) is 0 Å². The number of benzene rings is 1. The number of nitrogens with zero attached hydrogens (tertiary/aromatic N) is 2. The SMILES string of the molecule is NC(=O)c1cc(-c2csc(NC(=O)Cc3cccc(OCc4cccnc4)c3)n2)c[nH]1. The lowest BCUT2D eigenvalue weighted by atomic mass is 10.1. The highest BCUT2D eigenvalue weighted by atomic mass is 32.1. The summed E-state index contributed by atoms with van der Waals surface area (Å²) in [6.45, 7) is 0.405. The first kappa shape index (κ1) is 20.3. The summed E-state index contributed by atoms with van der Waals surface area (Å²) in [7, 11) is 0.